The minimum Gasteiger partial charge on any atom is -0.507 e. The number of unbranched alkanes of at least 4 members (excludes halogenated alkanes) is 1. The second-order valence-corrected chi connectivity index (χ2v) is 6.22. The molecule has 3 N–H and O–H groups in total. The molecule has 0 bridgehead atoms. The number of nitrogens with one attached hydrogen (secondary N) is 1. The molecule has 1 aliphatic rings. The number of phenolic OH excluding ortho intramolecular Hbond substituents is 1. The largest absolute Gasteiger partial charge is 0.507 e. The molecule has 0 aliphatic carbocycles. The number of amides is 2. The van der Waals surface area contributed by atoms with Gasteiger partial charge in [-0.2, -0.15) is 0 Å². The van der Waals surface area contributed by atoms with Crippen LogP contribution in [0.25, 0.3) is 0 Å². The number of aliphatic carboxylic acids is 1. The third kappa shape index (κ3) is 4.49. The van der Waals surface area contributed by atoms with Crippen LogP contribution in [0.5, 0.6) is 5.75 Å². The van der Waals surface area contributed by atoms with Gasteiger partial charge >= 0.3 is 5.97 Å². The van der Waals surface area contributed by atoms with Gasteiger partial charge in [-0.25, -0.2) is 4.79 Å². The van der Waals surface area contributed by atoms with E-state index in [0.717, 1.165) is 6.42 Å². The maximum atomic E-state index is 12.6. The summed E-state index contributed by atoms with van der Waals surface area (Å²) in [5.74, 6) is -2.08. The summed E-state index contributed by atoms with van der Waals surface area (Å²) in [5, 5.41) is 21.7. The van der Waals surface area contributed by atoms with E-state index in [9.17, 15) is 24.6 Å². The van der Waals surface area contributed by atoms with Crippen LogP contribution >= 0.6 is 0 Å². The monoisotopic (exact) mass is 348 g/mol. The van der Waals surface area contributed by atoms with E-state index in [4.69, 9.17) is 0 Å². The van der Waals surface area contributed by atoms with E-state index in [0.29, 0.717) is 32.2 Å². The van der Waals surface area contributed by atoms with Crippen molar-refractivity contribution in [3.8, 4) is 5.75 Å². The Morgan fingerprint density at radius 2 is 2.04 bits per heavy atom. The zero-order valence-corrected chi connectivity index (χ0v) is 14.3. The standard InChI is InChI=1S/C18H24N2O5/c1-2-3-8-13(18(24)25)19-16(22)14-9-6-11-20(14)17(23)12-7-4-5-10-15(12)21/h4-5,7,10,13-14,21H,2-3,6,8-9,11H2,1H3,(H,19,22)(H,24,25). The second-order valence-electron chi connectivity index (χ2n) is 6.22. The minimum absolute atomic E-state index is 0.134. The van der Waals surface area contributed by atoms with E-state index in [1.807, 2.05) is 6.92 Å². The van der Waals surface area contributed by atoms with Crippen molar-refractivity contribution in [3.63, 3.8) is 0 Å². The van der Waals surface area contributed by atoms with Crippen LogP contribution in [0.1, 0.15) is 49.4 Å². The van der Waals surface area contributed by atoms with Crippen LogP contribution in [-0.4, -0.2) is 51.5 Å². The van der Waals surface area contributed by atoms with Gasteiger partial charge in [0, 0.05) is 6.54 Å². The molecular weight excluding hydrogens is 324 g/mol. The number of likely N-dealkylation sites (tertiary alicyclic amines) is 1. The Morgan fingerprint density at radius 1 is 1.32 bits per heavy atom. The number of carbonyl (C=O) groups excluding carboxylic acids is 2. The van der Waals surface area contributed by atoms with E-state index in [1.54, 1.807) is 12.1 Å². The minimum atomic E-state index is -1.07. The van der Waals surface area contributed by atoms with Crippen LogP contribution in [0.4, 0.5) is 0 Å². The lowest BCUT2D eigenvalue weighted by Crippen LogP contribution is -2.50. The molecule has 0 saturated carbocycles. The summed E-state index contributed by atoms with van der Waals surface area (Å²) in [6.45, 7) is 2.35. The van der Waals surface area contributed by atoms with E-state index in [-0.39, 0.29) is 11.3 Å². The van der Waals surface area contributed by atoms with Gasteiger partial charge in [-0.05, 0) is 31.4 Å². The number of hydrogen-bond donors (Lipinski definition) is 3. The maximum absolute atomic E-state index is 12.6. The Bertz CT molecular complexity index is 646. The predicted molar refractivity (Wildman–Crippen MR) is 91.3 cm³/mol. The average Bonchev–Trinajstić information content (AvgIpc) is 3.07. The summed E-state index contributed by atoms with van der Waals surface area (Å²) in [7, 11) is 0. The van der Waals surface area contributed by atoms with Crippen molar-refractivity contribution in [2.75, 3.05) is 6.54 Å². The van der Waals surface area contributed by atoms with Crippen molar-refractivity contribution in [1.82, 2.24) is 10.2 Å². The zero-order valence-electron chi connectivity index (χ0n) is 14.3. The third-order valence-corrected chi connectivity index (χ3v) is 4.41. The highest BCUT2D eigenvalue weighted by atomic mass is 16.4. The lowest BCUT2D eigenvalue weighted by Gasteiger charge is -2.25. The van der Waals surface area contributed by atoms with Crippen LogP contribution in [0.3, 0.4) is 0 Å². The van der Waals surface area contributed by atoms with Crippen LogP contribution < -0.4 is 5.32 Å². The molecule has 0 radical (unpaired) electrons. The van der Waals surface area contributed by atoms with Crippen LogP contribution in [0.15, 0.2) is 24.3 Å². The molecule has 1 aliphatic heterocycles. The van der Waals surface area contributed by atoms with Gasteiger partial charge in [-0.3, -0.25) is 9.59 Å². The highest BCUT2D eigenvalue weighted by Gasteiger charge is 2.36. The van der Waals surface area contributed by atoms with Gasteiger partial charge in [0.15, 0.2) is 0 Å². The summed E-state index contributed by atoms with van der Waals surface area (Å²) in [4.78, 5) is 37.9. The van der Waals surface area contributed by atoms with Crippen LogP contribution in [-0.2, 0) is 9.59 Å². The highest BCUT2D eigenvalue weighted by Crippen LogP contribution is 2.24. The fraction of sp³-hybridized carbons (Fsp3) is 0.500. The van der Waals surface area contributed by atoms with Gasteiger partial charge < -0.3 is 20.4 Å². The molecule has 2 amide bonds. The van der Waals surface area contributed by atoms with E-state index < -0.39 is 29.9 Å². The summed E-state index contributed by atoms with van der Waals surface area (Å²) >= 11 is 0. The summed E-state index contributed by atoms with van der Waals surface area (Å²) in [6, 6.07) is 4.52. The lowest BCUT2D eigenvalue weighted by atomic mass is 10.1. The average molecular weight is 348 g/mol. The molecule has 0 spiro atoms. The molecule has 1 fully saturated rings. The molecule has 25 heavy (non-hydrogen) atoms. The normalized spacial score (nSPS) is 18.0. The Hall–Kier alpha value is -2.57. The molecule has 1 heterocycles. The van der Waals surface area contributed by atoms with Gasteiger partial charge in [0.05, 0.1) is 5.56 Å². The molecule has 7 nitrogen and oxygen atoms in total. The number of carboxylic acid groups (broad SMARTS) is 1. The molecule has 7 heteroatoms. The van der Waals surface area contributed by atoms with E-state index >= 15 is 0 Å². The SMILES string of the molecule is CCCCC(NC(=O)C1CCCN1C(=O)c1ccccc1O)C(=O)O. The second kappa shape index (κ2) is 8.50. The number of aromatic hydroxyl groups is 1. The molecule has 2 unspecified atom stereocenters. The van der Waals surface area contributed by atoms with Crippen molar-refractivity contribution in [1.29, 1.82) is 0 Å². The Morgan fingerprint density at radius 3 is 2.68 bits per heavy atom. The molecule has 1 aromatic carbocycles. The number of phenols is 1. The first-order valence-corrected chi connectivity index (χ1v) is 8.57. The topological polar surface area (TPSA) is 107 Å². The maximum Gasteiger partial charge on any atom is 0.326 e. The zero-order chi connectivity index (χ0) is 18.4. The number of nitrogens with zero attached hydrogens (tertiary/aromatic N) is 1. The van der Waals surface area contributed by atoms with Crippen molar-refractivity contribution in [3.05, 3.63) is 29.8 Å². The fourth-order valence-electron chi connectivity index (χ4n) is 3.03. The Kier molecular flexibility index (Phi) is 6.38. The molecule has 2 rings (SSSR count). The number of rotatable bonds is 7. The third-order valence-electron chi connectivity index (χ3n) is 4.41. The summed E-state index contributed by atoms with van der Waals surface area (Å²) in [5.41, 5.74) is 0.142. The first kappa shape index (κ1) is 18.8. The summed E-state index contributed by atoms with van der Waals surface area (Å²) in [6.07, 6.45) is 3.02. The van der Waals surface area contributed by atoms with Crippen LogP contribution in [0, 0.1) is 0 Å². The lowest BCUT2D eigenvalue weighted by molar-refractivity contribution is -0.142. The van der Waals surface area contributed by atoms with Gasteiger partial charge in [-0.1, -0.05) is 31.9 Å². The first-order chi connectivity index (χ1) is 12.0. The predicted octanol–water partition coefficient (Wildman–Crippen LogP) is 1.76. The van der Waals surface area contributed by atoms with Gasteiger partial charge in [-0.15, -0.1) is 0 Å². The van der Waals surface area contributed by atoms with Crippen molar-refractivity contribution in [2.24, 2.45) is 0 Å². The van der Waals surface area contributed by atoms with Crippen LogP contribution in [0.2, 0.25) is 0 Å². The molecule has 1 saturated heterocycles. The Labute approximate surface area is 146 Å². The molecule has 1 aromatic rings. The first-order valence-electron chi connectivity index (χ1n) is 8.57. The number of benzene rings is 1. The highest BCUT2D eigenvalue weighted by molar-refractivity contribution is 6.00. The number of para-hydroxylation sites is 1. The van der Waals surface area contributed by atoms with Crippen molar-refractivity contribution >= 4 is 17.8 Å². The number of carboxylic acids is 1. The smallest absolute Gasteiger partial charge is 0.326 e. The van der Waals surface area contributed by atoms with E-state index in [2.05, 4.69) is 5.32 Å². The van der Waals surface area contributed by atoms with Gasteiger partial charge in [0.2, 0.25) is 5.91 Å². The van der Waals surface area contributed by atoms with Gasteiger partial charge in [0.25, 0.3) is 5.91 Å². The summed E-state index contributed by atoms with van der Waals surface area (Å²) < 4.78 is 0. The molecular formula is C18H24N2O5. The number of carbonyl (C=O) groups is 3. The molecule has 136 valence electrons. The quantitative estimate of drug-likeness (QED) is 0.696. The number of hydrogen-bond acceptors (Lipinski definition) is 4. The van der Waals surface area contributed by atoms with Gasteiger partial charge in [0.1, 0.15) is 17.8 Å². The van der Waals surface area contributed by atoms with Crippen molar-refractivity contribution in [2.45, 2.75) is 51.1 Å². The molecule has 2 atom stereocenters. The van der Waals surface area contributed by atoms with Crippen molar-refractivity contribution < 1.29 is 24.6 Å². The van der Waals surface area contributed by atoms with E-state index in [1.165, 1.54) is 17.0 Å². The molecule has 0 aromatic heterocycles. The Balaban J connectivity index is 2.09. The fourth-order valence-corrected chi connectivity index (χ4v) is 3.03.